The van der Waals surface area contributed by atoms with E-state index in [4.69, 9.17) is 0 Å². The molecule has 0 aliphatic rings. The maximum absolute atomic E-state index is 12.8. The topological polar surface area (TPSA) is 58.9 Å². The van der Waals surface area contributed by atoms with E-state index in [1.165, 1.54) is 0 Å². The Bertz CT molecular complexity index is 1140. The van der Waals surface area contributed by atoms with Crippen molar-refractivity contribution in [1.82, 2.24) is 15.0 Å². The first-order valence-corrected chi connectivity index (χ1v) is 8.24. The number of fused-ring (bicyclic) bond motifs is 2. The van der Waals surface area contributed by atoms with Gasteiger partial charge in [0.15, 0.2) is 5.82 Å². The zero-order valence-corrected chi connectivity index (χ0v) is 14.2. The molecule has 2 heterocycles. The van der Waals surface area contributed by atoms with E-state index in [1.807, 2.05) is 30.3 Å². The fraction of sp³-hybridized carbons (Fsp3) is 0.150. The molecular weight excluding hydrogens is 355 g/mol. The highest BCUT2D eigenvalue weighted by Crippen LogP contribution is 2.34. The van der Waals surface area contributed by atoms with Gasteiger partial charge in [-0.25, -0.2) is 15.0 Å². The maximum Gasteiger partial charge on any atom is 0.419 e. The number of para-hydroxylation sites is 1. The van der Waals surface area contributed by atoms with Crippen LogP contribution in [0.3, 0.4) is 0 Å². The van der Waals surface area contributed by atoms with E-state index in [-0.39, 0.29) is 5.82 Å². The first-order chi connectivity index (χ1) is 12.8. The third-order valence-electron chi connectivity index (χ3n) is 4.39. The Labute approximate surface area is 152 Å². The number of nitrogens with zero attached hydrogens (tertiary/aromatic N) is 3. The Balaban J connectivity index is 1.98. The van der Waals surface area contributed by atoms with Crippen molar-refractivity contribution in [2.24, 2.45) is 0 Å². The van der Waals surface area contributed by atoms with E-state index >= 15 is 0 Å². The number of aromatic nitrogens is 3. The van der Waals surface area contributed by atoms with E-state index in [1.54, 1.807) is 19.1 Å². The minimum absolute atomic E-state index is 0.169. The average Bonchev–Trinajstić information content (AvgIpc) is 2.64. The van der Waals surface area contributed by atoms with Gasteiger partial charge >= 0.3 is 6.18 Å². The molecule has 2 aromatic carbocycles. The summed E-state index contributed by atoms with van der Waals surface area (Å²) in [5.74, 6) is 0.169. The lowest BCUT2D eigenvalue weighted by molar-refractivity contribution is -0.138. The molecule has 4 rings (SSSR count). The predicted octanol–water partition coefficient (Wildman–Crippen LogP) is 4.92. The van der Waals surface area contributed by atoms with E-state index in [2.05, 4.69) is 15.0 Å². The van der Waals surface area contributed by atoms with Crippen LogP contribution in [0, 0.1) is 0 Å². The fourth-order valence-electron chi connectivity index (χ4n) is 3.03. The third-order valence-corrected chi connectivity index (χ3v) is 4.39. The third kappa shape index (κ3) is 3.10. The van der Waals surface area contributed by atoms with E-state index in [0.29, 0.717) is 22.0 Å². The zero-order valence-electron chi connectivity index (χ0n) is 14.2. The van der Waals surface area contributed by atoms with Crippen molar-refractivity contribution in [3.05, 3.63) is 66.0 Å². The largest absolute Gasteiger partial charge is 0.419 e. The molecule has 136 valence electrons. The Kier molecular flexibility index (Phi) is 4.04. The molecule has 1 unspecified atom stereocenters. The summed E-state index contributed by atoms with van der Waals surface area (Å²) in [7, 11) is 0. The molecule has 0 bridgehead atoms. The van der Waals surface area contributed by atoms with Gasteiger partial charge in [-0.1, -0.05) is 30.3 Å². The smallest absolute Gasteiger partial charge is 0.389 e. The average molecular weight is 369 g/mol. The molecule has 0 spiro atoms. The standard InChI is InChI=1S/C20H14F3N3O/c1-11(27)14-6-7-15(19-24-9-13(10-25-19)20(21,22)23)16-8-12-4-2-3-5-17(12)26-18(14)16/h2-11,27H,1H3. The van der Waals surface area contributed by atoms with E-state index in [0.717, 1.165) is 23.3 Å². The number of pyridine rings is 1. The zero-order chi connectivity index (χ0) is 19.2. The molecule has 0 amide bonds. The summed E-state index contributed by atoms with van der Waals surface area (Å²) in [6, 6.07) is 12.8. The number of halogens is 3. The van der Waals surface area contributed by atoms with Gasteiger partial charge in [-0.2, -0.15) is 13.2 Å². The summed E-state index contributed by atoms with van der Waals surface area (Å²) in [4.78, 5) is 12.4. The lowest BCUT2D eigenvalue weighted by Gasteiger charge is -2.13. The SMILES string of the molecule is CC(O)c1ccc(-c2ncc(C(F)(F)F)cn2)c2cc3ccccc3nc12. The van der Waals surface area contributed by atoms with Crippen molar-refractivity contribution >= 4 is 21.8 Å². The summed E-state index contributed by atoms with van der Waals surface area (Å²) < 4.78 is 38.3. The number of alkyl halides is 3. The first kappa shape index (κ1) is 17.4. The van der Waals surface area contributed by atoms with E-state index < -0.39 is 17.8 Å². The fourth-order valence-corrected chi connectivity index (χ4v) is 3.03. The molecule has 2 aromatic heterocycles. The van der Waals surface area contributed by atoms with Crippen molar-refractivity contribution in [2.45, 2.75) is 19.2 Å². The predicted molar refractivity (Wildman–Crippen MR) is 95.9 cm³/mol. The van der Waals surface area contributed by atoms with Gasteiger partial charge in [0.2, 0.25) is 0 Å². The van der Waals surface area contributed by atoms with Crippen LogP contribution in [-0.4, -0.2) is 20.1 Å². The Morgan fingerprint density at radius 2 is 1.70 bits per heavy atom. The number of aliphatic hydroxyl groups is 1. The number of rotatable bonds is 2. The van der Waals surface area contributed by atoms with Crippen LogP contribution >= 0.6 is 0 Å². The molecule has 0 saturated heterocycles. The molecule has 0 aliphatic heterocycles. The van der Waals surface area contributed by atoms with Gasteiger partial charge in [-0.15, -0.1) is 0 Å². The maximum atomic E-state index is 12.8. The summed E-state index contributed by atoms with van der Waals surface area (Å²) >= 11 is 0. The molecule has 0 fully saturated rings. The van der Waals surface area contributed by atoms with Crippen LogP contribution in [0.25, 0.3) is 33.2 Å². The van der Waals surface area contributed by atoms with Crippen molar-refractivity contribution < 1.29 is 18.3 Å². The van der Waals surface area contributed by atoms with Crippen LogP contribution in [0.5, 0.6) is 0 Å². The van der Waals surface area contributed by atoms with Gasteiger partial charge in [-0.05, 0) is 19.1 Å². The second-order valence-electron chi connectivity index (χ2n) is 6.25. The second-order valence-corrected chi connectivity index (χ2v) is 6.25. The van der Waals surface area contributed by atoms with Crippen LogP contribution in [0.15, 0.2) is 54.9 Å². The summed E-state index contributed by atoms with van der Waals surface area (Å²) in [6.07, 6.45) is -3.70. The van der Waals surface area contributed by atoms with Gasteiger partial charge in [0.05, 0.1) is 22.7 Å². The molecule has 0 radical (unpaired) electrons. The molecular formula is C20H14F3N3O. The van der Waals surface area contributed by atoms with Gasteiger partial charge in [0.25, 0.3) is 0 Å². The molecule has 1 N–H and O–H groups in total. The first-order valence-electron chi connectivity index (χ1n) is 8.24. The van der Waals surface area contributed by atoms with Crippen LogP contribution in [-0.2, 0) is 6.18 Å². The molecule has 0 saturated carbocycles. The number of benzene rings is 2. The number of aliphatic hydroxyl groups excluding tert-OH is 1. The van der Waals surface area contributed by atoms with Gasteiger partial charge in [-0.3, -0.25) is 0 Å². The Morgan fingerprint density at radius 1 is 1.00 bits per heavy atom. The normalized spacial score (nSPS) is 13.2. The highest BCUT2D eigenvalue weighted by Gasteiger charge is 2.31. The monoisotopic (exact) mass is 369 g/mol. The van der Waals surface area contributed by atoms with Crippen LogP contribution in [0.2, 0.25) is 0 Å². The highest BCUT2D eigenvalue weighted by atomic mass is 19.4. The van der Waals surface area contributed by atoms with Gasteiger partial charge in [0.1, 0.15) is 0 Å². The van der Waals surface area contributed by atoms with Gasteiger partial charge in [0, 0.05) is 34.3 Å². The molecule has 4 aromatic rings. The van der Waals surface area contributed by atoms with Gasteiger partial charge < -0.3 is 5.11 Å². The van der Waals surface area contributed by atoms with Crippen molar-refractivity contribution in [1.29, 1.82) is 0 Å². The quantitative estimate of drug-likeness (QED) is 0.510. The lowest BCUT2D eigenvalue weighted by atomic mass is 9.99. The Hall–Kier alpha value is -3.06. The summed E-state index contributed by atoms with van der Waals surface area (Å²) in [5, 5.41) is 11.6. The molecule has 7 heteroatoms. The van der Waals surface area contributed by atoms with Crippen molar-refractivity contribution in [3.8, 4) is 11.4 Å². The lowest BCUT2D eigenvalue weighted by Crippen LogP contribution is -2.06. The van der Waals surface area contributed by atoms with E-state index in [9.17, 15) is 18.3 Å². The van der Waals surface area contributed by atoms with Crippen LogP contribution < -0.4 is 0 Å². The molecule has 4 nitrogen and oxygen atoms in total. The minimum Gasteiger partial charge on any atom is -0.389 e. The number of hydrogen-bond acceptors (Lipinski definition) is 4. The molecule has 0 aliphatic carbocycles. The van der Waals surface area contributed by atoms with Crippen molar-refractivity contribution in [2.75, 3.05) is 0 Å². The summed E-state index contributed by atoms with van der Waals surface area (Å²) in [5.41, 5.74) is 1.62. The molecule has 1 atom stereocenters. The Morgan fingerprint density at radius 3 is 2.37 bits per heavy atom. The van der Waals surface area contributed by atoms with Crippen LogP contribution in [0.1, 0.15) is 24.2 Å². The highest BCUT2D eigenvalue weighted by molar-refractivity contribution is 6.01. The summed E-state index contributed by atoms with van der Waals surface area (Å²) in [6.45, 7) is 1.64. The van der Waals surface area contributed by atoms with Crippen molar-refractivity contribution in [3.63, 3.8) is 0 Å². The van der Waals surface area contributed by atoms with Crippen LogP contribution in [0.4, 0.5) is 13.2 Å². The molecule has 27 heavy (non-hydrogen) atoms. The minimum atomic E-state index is -4.49. The second kappa shape index (κ2) is 6.28. The number of hydrogen-bond donors (Lipinski definition) is 1.